The molecule has 2 aliphatic rings. The third-order valence-electron chi connectivity index (χ3n) is 5.71. The lowest BCUT2D eigenvalue weighted by Gasteiger charge is -2.08. The highest BCUT2D eigenvalue weighted by Crippen LogP contribution is 2.43. The van der Waals surface area contributed by atoms with E-state index in [4.69, 9.17) is 4.74 Å². The molecule has 0 unspecified atom stereocenters. The van der Waals surface area contributed by atoms with Gasteiger partial charge in [0.15, 0.2) is 5.65 Å². The van der Waals surface area contributed by atoms with Gasteiger partial charge in [0.25, 0.3) is 0 Å². The number of aromatic nitrogens is 3. The molecule has 1 amide bonds. The van der Waals surface area contributed by atoms with Crippen molar-refractivity contribution >= 4 is 39.2 Å². The number of nitrogens with one attached hydrogen (secondary N) is 1. The lowest BCUT2D eigenvalue weighted by molar-refractivity contribution is -0.116. The first kappa shape index (κ1) is 18.3. The Morgan fingerprint density at radius 1 is 1.34 bits per heavy atom. The molecular formula is C21H22N4O3S. The maximum absolute atomic E-state index is 12.8. The van der Waals surface area contributed by atoms with Crippen LogP contribution in [0, 0.1) is 6.92 Å². The number of esters is 1. The number of thiophene rings is 1. The zero-order chi connectivity index (χ0) is 20.1. The van der Waals surface area contributed by atoms with Gasteiger partial charge in [-0.25, -0.2) is 14.5 Å². The summed E-state index contributed by atoms with van der Waals surface area (Å²) in [5.41, 5.74) is 4.45. The summed E-state index contributed by atoms with van der Waals surface area (Å²) >= 11 is 1.48. The van der Waals surface area contributed by atoms with Crippen LogP contribution in [0.4, 0.5) is 5.00 Å². The Kier molecular flexibility index (Phi) is 4.38. The summed E-state index contributed by atoms with van der Waals surface area (Å²) in [5, 5.41) is 9.13. The topological polar surface area (TPSA) is 86.1 Å². The van der Waals surface area contributed by atoms with Crippen LogP contribution in [-0.4, -0.2) is 33.8 Å². The van der Waals surface area contributed by atoms with Crippen molar-refractivity contribution in [3.05, 3.63) is 39.5 Å². The largest absolute Gasteiger partial charge is 0.465 e. The molecule has 0 aromatic carbocycles. The monoisotopic (exact) mass is 410 g/mol. The van der Waals surface area contributed by atoms with Gasteiger partial charge in [-0.1, -0.05) is 0 Å². The molecule has 0 atom stereocenters. The average molecular weight is 410 g/mol. The second-order valence-electron chi connectivity index (χ2n) is 7.72. The van der Waals surface area contributed by atoms with Crippen LogP contribution in [0.1, 0.15) is 57.2 Å². The number of hydrogen-bond acceptors (Lipinski definition) is 6. The first-order valence-electron chi connectivity index (χ1n) is 9.91. The van der Waals surface area contributed by atoms with E-state index >= 15 is 0 Å². The molecule has 7 nitrogen and oxygen atoms in total. The minimum Gasteiger partial charge on any atom is -0.465 e. The summed E-state index contributed by atoms with van der Waals surface area (Å²) in [6.07, 6.45) is 7.02. The summed E-state index contributed by atoms with van der Waals surface area (Å²) in [6, 6.07) is 2.06. The molecule has 3 aromatic rings. The maximum Gasteiger partial charge on any atom is 0.341 e. The van der Waals surface area contributed by atoms with Gasteiger partial charge < -0.3 is 10.1 Å². The SMILES string of the molecule is COC(=O)c1c(NC(=O)Cn2nc(C)c3c(C4CC4)ccnc32)sc2c1CCC2. The molecule has 0 bridgehead atoms. The van der Waals surface area contributed by atoms with Gasteiger partial charge >= 0.3 is 5.97 Å². The number of carbonyl (C=O) groups excluding carboxylic acids is 2. The third kappa shape index (κ3) is 3.11. The van der Waals surface area contributed by atoms with Gasteiger partial charge in [-0.15, -0.1) is 11.3 Å². The number of rotatable bonds is 5. The van der Waals surface area contributed by atoms with Crippen LogP contribution in [0.25, 0.3) is 11.0 Å². The first-order valence-corrected chi connectivity index (χ1v) is 10.7. The zero-order valence-electron chi connectivity index (χ0n) is 16.4. The number of methoxy groups -OCH3 is 1. The number of ether oxygens (including phenoxy) is 1. The normalized spacial score (nSPS) is 15.5. The fraction of sp³-hybridized carbons (Fsp3) is 0.429. The highest BCUT2D eigenvalue weighted by atomic mass is 32.1. The van der Waals surface area contributed by atoms with E-state index in [9.17, 15) is 9.59 Å². The van der Waals surface area contributed by atoms with Crippen LogP contribution < -0.4 is 5.32 Å². The van der Waals surface area contributed by atoms with E-state index in [1.165, 1.54) is 36.9 Å². The molecular weight excluding hydrogens is 388 g/mol. The van der Waals surface area contributed by atoms with Crippen LogP contribution in [-0.2, 0) is 28.9 Å². The number of carbonyl (C=O) groups is 2. The Bertz CT molecular complexity index is 1140. The molecule has 0 radical (unpaired) electrons. The minimum atomic E-state index is -0.393. The Hall–Kier alpha value is -2.74. The van der Waals surface area contributed by atoms with E-state index < -0.39 is 5.97 Å². The van der Waals surface area contributed by atoms with Gasteiger partial charge in [0.05, 0.1) is 18.4 Å². The van der Waals surface area contributed by atoms with Crippen LogP contribution in [0.15, 0.2) is 12.3 Å². The van der Waals surface area contributed by atoms with Crippen LogP contribution in [0.2, 0.25) is 0 Å². The first-order chi connectivity index (χ1) is 14.1. The minimum absolute atomic E-state index is 0.0502. The van der Waals surface area contributed by atoms with E-state index in [-0.39, 0.29) is 12.5 Å². The van der Waals surface area contributed by atoms with Crippen LogP contribution >= 0.6 is 11.3 Å². The second-order valence-corrected chi connectivity index (χ2v) is 8.82. The highest BCUT2D eigenvalue weighted by molar-refractivity contribution is 7.17. The van der Waals surface area contributed by atoms with Crippen molar-refractivity contribution in [2.45, 2.75) is 51.5 Å². The van der Waals surface area contributed by atoms with Crippen molar-refractivity contribution in [2.75, 3.05) is 12.4 Å². The van der Waals surface area contributed by atoms with Gasteiger partial charge in [-0.2, -0.15) is 5.10 Å². The molecule has 0 aliphatic heterocycles. The van der Waals surface area contributed by atoms with Gasteiger partial charge in [0.1, 0.15) is 11.5 Å². The molecule has 1 fully saturated rings. The number of aryl methyl sites for hydroxylation is 2. The van der Waals surface area contributed by atoms with Crippen molar-refractivity contribution in [2.24, 2.45) is 0 Å². The fourth-order valence-corrected chi connectivity index (χ4v) is 5.56. The van der Waals surface area contributed by atoms with Crippen molar-refractivity contribution in [1.82, 2.24) is 14.8 Å². The number of hydrogen-bond donors (Lipinski definition) is 1. The Morgan fingerprint density at radius 2 is 2.17 bits per heavy atom. The molecule has 150 valence electrons. The highest BCUT2D eigenvalue weighted by Gasteiger charge is 2.29. The molecule has 0 saturated heterocycles. The summed E-state index contributed by atoms with van der Waals surface area (Å²) in [4.78, 5) is 30.7. The molecule has 1 N–H and O–H groups in total. The Balaban J connectivity index is 1.42. The molecule has 1 saturated carbocycles. The average Bonchev–Trinajstić information content (AvgIpc) is 3.26. The van der Waals surface area contributed by atoms with Gasteiger partial charge in [0.2, 0.25) is 5.91 Å². The van der Waals surface area contributed by atoms with Gasteiger partial charge in [-0.3, -0.25) is 4.79 Å². The van der Waals surface area contributed by atoms with E-state index in [0.717, 1.165) is 46.4 Å². The summed E-state index contributed by atoms with van der Waals surface area (Å²) < 4.78 is 6.61. The Labute approximate surface area is 172 Å². The number of pyridine rings is 1. The quantitative estimate of drug-likeness (QED) is 0.650. The molecule has 5 rings (SSSR count). The summed E-state index contributed by atoms with van der Waals surface area (Å²) in [6.45, 7) is 2.01. The fourth-order valence-electron chi connectivity index (χ4n) is 4.27. The standard InChI is InChI=1S/C21H22N4O3S/c1-11-17-13(12-6-7-12)8-9-22-19(17)25(24-11)10-16(26)23-20-18(21(27)28-2)14-4-3-5-15(14)29-20/h8-9,12H,3-7,10H2,1-2H3,(H,23,26). The zero-order valence-corrected chi connectivity index (χ0v) is 17.3. The van der Waals surface area contributed by atoms with Crippen molar-refractivity contribution in [1.29, 1.82) is 0 Å². The van der Waals surface area contributed by atoms with E-state index in [2.05, 4.69) is 21.5 Å². The van der Waals surface area contributed by atoms with E-state index in [0.29, 0.717) is 16.5 Å². The van der Waals surface area contributed by atoms with Gasteiger partial charge in [0, 0.05) is 16.5 Å². The smallest absolute Gasteiger partial charge is 0.341 e. The number of amides is 1. The summed E-state index contributed by atoms with van der Waals surface area (Å²) in [7, 11) is 1.37. The number of nitrogens with zero attached hydrogens (tertiary/aromatic N) is 3. The Morgan fingerprint density at radius 3 is 2.93 bits per heavy atom. The number of fused-ring (bicyclic) bond motifs is 2. The van der Waals surface area contributed by atoms with E-state index in [1.54, 1.807) is 10.9 Å². The molecule has 3 heterocycles. The molecule has 2 aliphatic carbocycles. The maximum atomic E-state index is 12.8. The predicted octanol–water partition coefficient (Wildman–Crippen LogP) is 3.59. The lowest BCUT2D eigenvalue weighted by Crippen LogP contribution is -2.20. The van der Waals surface area contributed by atoms with Gasteiger partial charge in [-0.05, 0) is 62.1 Å². The molecule has 0 spiro atoms. The van der Waals surface area contributed by atoms with E-state index in [1.807, 2.05) is 6.92 Å². The van der Waals surface area contributed by atoms with Crippen molar-refractivity contribution in [3.63, 3.8) is 0 Å². The molecule has 29 heavy (non-hydrogen) atoms. The number of anilines is 1. The van der Waals surface area contributed by atoms with Crippen LogP contribution in [0.5, 0.6) is 0 Å². The molecule has 8 heteroatoms. The van der Waals surface area contributed by atoms with Crippen molar-refractivity contribution < 1.29 is 14.3 Å². The predicted molar refractivity (Wildman–Crippen MR) is 111 cm³/mol. The summed E-state index contributed by atoms with van der Waals surface area (Å²) in [5.74, 6) is -0.0317. The molecule has 3 aromatic heterocycles. The van der Waals surface area contributed by atoms with Crippen molar-refractivity contribution in [3.8, 4) is 0 Å². The van der Waals surface area contributed by atoms with Crippen LogP contribution in [0.3, 0.4) is 0 Å². The second kappa shape index (κ2) is 6.95. The third-order valence-corrected chi connectivity index (χ3v) is 6.92. The lowest BCUT2D eigenvalue weighted by atomic mass is 10.1.